The first-order valence-electron chi connectivity index (χ1n) is 19.5. The molecule has 6 saturated heterocycles. The standard InChI is InChI=1S/C41H45ClFN7O4/c42-32-9-2-7-27-6-1-8-30(34(27)32)36-35(43)37-31(20-44-36)38(46-39(45-37)54-26-40-13-4-15-48(40)16-5-14-40)47-18-19-50(41(23-47)24-53-25-41)33(51)10-3-17-49-28-11-12-29(49)22-52-21-28/h1-3,6-10,20,28-29H,4-5,11-19,21-26H2/b10-3+/t28-,29+. The van der Waals surface area contributed by atoms with Crippen molar-refractivity contribution < 1.29 is 23.4 Å². The molecule has 2 atom stereocenters. The number of nitrogens with zero attached hydrogens (tertiary/aromatic N) is 7. The summed E-state index contributed by atoms with van der Waals surface area (Å²) in [6.45, 7) is 7.15. The van der Waals surface area contributed by atoms with Gasteiger partial charge in [-0.25, -0.2) is 4.39 Å². The van der Waals surface area contributed by atoms with Gasteiger partial charge < -0.3 is 24.0 Å². The molecule has 6 aliphatic rings. The highest BCUT2D eigenvalue weighted by molar-refractivity contribution is 6.36. The highest BCUT2D eigenvalue weighted by Gasteiger charge is 2.50. The van der Waals surface area contributed by atoms with Gasteiger partial charge in [0.15, 0.2) is 5.82 Å². The van der Waals surface area contributed by atoms with Gasteiger partial charge in [-0.05, 0) is 63.1 Å². The number of fused-ring (bicyclic) bond motifs is 5. The van der Waals surface area contributed by atoms with E-state index >= 15 is 4.39 Å². The summed E-state index contributed by atoms with van der Waals surface area (Å²) in [4.78, 5) is 37.3. The number of pyridine rings is 1. The van der Waals surface area contributed by atoms with Crippen molar-refractivity contribution in [2.45, 2.75) is 61.7 Å². The van der Waals surface area contributed by atoms with Crippen molar-refractivity contribution in [1.29, 1.82) is 0 Å². The lowest BCUT2D eigenvalue weighted by atomic mass is 9.91. The predicted octanol–water partition coefficient (Wildman–Crippen LogP) is 5.48. The number of piperazine rings is 1. The Labute approximate surface area is 319 Å². The number of hydrogen-bond donors (Lipinski definition) is 0. The molecule has 4 aromatic rings. The fraction of sp³-hybridized carbons (Fsp3) is 0.512. The van der Waals surface area contributed by atoms with E-state index in [-0.39, 0.29) is 28.7 Å². The highest BCUT2D eigenvalue weighted by Crippen LogP contribution is 2.41. The lowest BCUT2D eigenvalue weighted by molar-refractivity contribution is -0.164. The molecule has 0 aliphatic carbocycles. The van der Waals surface area contributed by atoms with Gasteiger partial charge in [0.1, 0.15) is 29.2 Å². The van der Waals surface area contributed by atoms with E-state index in [1.165, 1.54) is 0 Å². The van der Waals surface area contributed by atoms with Gasteiger partial charge in [0.2, 0.25) is 5.91 Å². The average molecular weight is 754 g/mol. The molecule has 6 fully saturated rings. The van der Waals surface area contributed by atoms with Crippen LogP contribution in [0.4, 0.5) is 10.2 Å². The summed E-state index contributed by atoms with van der Waals surface area (Å²) in [6.07, 6.45) is 12.1. The largest absolute Gasteiger partial charge is 0.461 e. The number of benzene rings is 2. The maximum Gasteiger partial charge on any atom is 0.319 e. The van der Waals surface area contributed by atoms with E-state index in [9.17, 15) is 4.79 Å². The number of amides is 1. The maximum absolute atomic E-state index is 17.0. The molecule has 54 heavy (non-hydrogen) atoms. The summed E-state index contributed by atoms with van der Waals surface area (Å²) in [6, 6.07) is 12.4. The number of morpholine rings is 1. The zero-order valence-electron chi connectivity index (χ0n) is 30.4. The van der Waals surface area contributed by atoms with Gasteiger partial charge in [-0.3, -0.25) is 19.6 Å². The van der Waals surface area contributed by atoms with E-state index in [4.69, 9.17) is 40.8 Å². The molecule has 8 heterocycles. The monoisotopic (exact) mass is 753 g/mol. The summed E-state index contributed by atoms with van der Waals surface area (Å²) in [5, 5.41) is 2.65. The maximum atomic E-state index is 17.0. The van der Waals surface area contributed by atoms with Crippen molar-refractivity contribution in [1.82, 2.24) is 29.7 Å². The molecule has 0 N–H and O–H groups in total. The quantitative estimate of drug-likeness (QED) is 0.215. The number of rotatable bonds is 8. The Hall–Kier alpha value is -3.94. The second-order valence-electron chi connectivity index (χ2n) is 16.0. The minimum atomic E-state index is -0.552. The Kier molecular flexibility index (Phi) is 8.74. The minimum absolute atomic E-state index is 0.0156. The Morgan fingerprint density at radius 2 is 1.78 bits per heavy atom. The molecule has 10 rings (SSSR count). The molecule has 1 amide bonds. The summed E-state index contributed by atoms with van der Waals surface area (Å²) in [5.41, 5.74) is 0.347. The summed E-state index contributed by atoms with van der Waals surface area (Å²) in [7, 11) is 0. The van der Waals surface area contributed by atoms with Gasteiger partial charge in [0, 0.05) is 66.5 Å². The molecule has 282 valence electrons. The van der Waals surface area contributed by atoms with Gasteiger partial charge in [-0.2, -0.15) is 9.97 Å². The SMILES string of the molecule is O=C(/C=C/CN1[C@@H]2CC[C@H]1COC2)N1CCN(c2nc(OCC34CCCN3CCC4)nc3c(F)c(-c4cccc5cccc(Cl)c45)ncc23)CC12COC2. The molecule has 11 nitrogen and oxygen atoms in total. The van der Waals surface area contributed by atoms with Crippen molar-refractivity contribution >= 4 is 45.0 Å². The van der Waals surface area contributed by atoms with Crippen LogP contribution in [0.1, 0.15) is 38.5 Å². The first-order valence-corrected chi connectivity index (χ1v) is 19.9. The molecule has 2 aromatic carbocycles. The zero-order chi connectivity index (χ0) is 36.4. The molecule has 2 aromatic heterocycles. The van der Waals surface area contributed by atoms with Gasteiger partial charge in [0.25, 0.3) is 0 Å². The summed E-state index contributed by atoms with van der Waals surface area (Å²) >= 11 is 6.68. The summed E-state index contributed by atoms with van der Waals surface area (Å²) in [5.74, 6) is -0.0183. The third kappa shape index (κ3) is 5.75. The van der Waals surface area contributed by atoms with Crippen LogP contribution in [-0.4, -0.2) is 131 Å². The van der Waals surface area contributed by atoms with Crippen LogP contribution in [0.15, 0.2) is 54.7 Å². The van der Waals surface area contributed by atoms with Crippen LogP contribution in [-0.2, 0) is 14.3 Å². The van der Waals surface area contributed by atoms with Crippen LogP contribution in [0.3, 0.4) is 0 Å². The molecule has 2 bridgehead atoms. The van der Waals surface area contributed by atoms with Gasteiger partial charge in [-0.15, -0.1) is 0 Å². The molecule has 0 saturated carbocycles. The number of hydrogen-bond acceptors (Lipinski definition) is 10. The van der Waals surface area contributed by atoms with Crippen LogP contribution in [0, 0.1) is 5.82 Å². The third-order valence-electron chi connectivity index (χ3n) is 13.0. The minimum Gasteiger partial charge on any atom is -0.461 e. The van der Waals surface area contributed by atoms with Gasteiger partial charge >= 0.3 is 6.01 Å². The van der Waals surface area contributed by atoms with E-state index < -0.39 is 11.4 Å². The van der Waals surface area contributed by atoms with Crippen LogP contribution >= 0.6 is 11.6 Å². The Balaban J connectivity index is 0.977. The number of carbonyl (C=O) groups is 1. The topological polar surface area (TPSA) is 96.4 Å². The zero-order valence-corrected chi connectivity index (χ0v) is 31.1. The van der Waals surface area contributed by atoms with Gasteiger partial charge in [0.05, 0.1) is 37.4 Å². The number of aromatic nitrogens is 3. The third-order valence-corrected chi connectivity index (χ3v) is 13.3. The van der Waals surface area contributed by atoms with Crippen molar-refractivity contribution in [3.8, 4) is 17.3 Å². The van der Waals surface area contributed by atoms with Crippen molar-refractivity contribution in [2.24, 2.45) is 0 Å². The fourth-order valence-corrected chi connectivity index (χ4v) is 10.4. The van der Waals surface area contributed by atoms with Crippen LogP contribution in [0.5, 0.6) is 6.01 Å². The van der Waals surface area contributed by atoms with E-state index in [0.29, 0.717) is 73.3 Å². The first kappa shape index (κ1) is 34.5. The highest BCUT2D eigenvalue weighted by atomic mass is 35.5. The molecular weight excluding hydrogens is 709 g/mol. The molecule has 0 unspecified atom stereocenters. The van der Waals surface area contributed by atoms with E-state index in [2.05, 4.69) is 14.7 Å². The predicted molar refractivity (Wildman–Crippen MR) is 204 cm³/mol. The lowest BCUT2D eigenvalue weighted by Gasteiger charge is -2.55. The van der Waals surface area contributed by atoms with Gasteiger partial charge in [-0.1, -0.05) is 48.0 Å². The molecule has 6 aliphatic heterocycles. The Bertz CT molecular complexity index is 2120. The Morgan fingerprint density at radius 3 is 2.54 bits per heavy atom. The molecule has 13 heteroatoms. The normalized spacial score (nSPS) is 24.9. The first-order chi connectivity index (χ1) is 26.4. The van der Waals surface area contributed by atoms with E-state index in [1.54, 1.807) is 18.3 Å². The lowest BCUT2D eigenvalue weighted by Crippen LogP contribution is -2.72. The Morgan fingerprint density at radius 1 is 1.00 bits per heavy atom. The van der Waals surface area contributed by atoms with Crippen LogP contribution < -0.4 is 9.64 Å². The number of carbonyl (C=O) groups excluding carboxylic acids is 1. The number of anilines is 1. The smallest absolute Gasteiger partial charge is 0.319 e. The van der Waals surface area contributed by atoms with E-state index in [1.807, 2.05) is 41.3 Å². The second-order valence-corrected chi connectivity index (χ2v) is 16.4. The number of ether oxygens (including phenoxy) is 3. The van der Waals surface area contributed by atoms with Crippen molar-refractivity contribution in [3.05, 3.63) is 65.6 Å². The van der Waals surface area contributed by atoms with Crippen molar-refractivity contribution in [3.63, 3.8) is 0 Å². The number of halogens is 2. The summed E-state index contributed by atoms with van der Waals surface area (Å²) < 4.78 is 35.0. The molecular formula is C41H45ClFN7O4. The van der Waals surface area contributed by atoms with Crippen LogP contribution in [0.25, 0.3) is 32.9 Å². The molecule has 0 radical (unpaired) electrons. The van der Waals surface area contributed by atoms with E-state index in [0.717, 1.165) is 82.1 Å². The average Bonchev–Trinajstić information content (AvgIpc) is 3.82. The van der Waals surface area contributed by atoms with Crippen molar-refractivity contribution in [2.75, 3.05) is 77.2 Å². The second kappa shape index (κ2) is 13.7. The fourth-order valence-electron chi connectivity index (χ4n) is 10.1. The molecule has 1 spiro atoms. The van der Waals surface area contributed by atoms with Crippen LogP contribution in [0.2, 0.25) is 5.02 Å².